The van der Waals surface area contributed by atoms with Crippen molar-refractivity contribution in [2.24, 2.45) is 0 Å². The van der Waals surface area contributed by atoms with Gasteiger partial charge in [0.05, 0.1) is 18.8 Å². The van der Waals surface area contributed by atoms with E-state index in [1.165, 1.54) is 0 Å². The molecule has 0 aliphatic carbocycles. The highest BCUT2D eigenvalue weighted by atomic mass is 127. The normalized spacial score (nSPS) is 16.2. The van der Waals surface area contributed by atoms with E-state index in [2.05, 4.69) is 5.32 Å². The molecule has 9 heteroatoms. The Morgan fingerprint density at radius 1 is 1.29 bits per heavy atom. The summed E-state index contributed by atoms with van der Waals surface area (Å²) in [6.45, 7) is 7.73. The van der Waals surface area contributed by atoms with E-state index in [9.17, 15) is 9.36 Å². The molecule has 0 aliphatic rings. The van der Waals surface area contributed by atoms with Crippen LogP contribution in [-0.2, 0) is 18.6 Å². The van der Waals surface area contributed by atoms with Gasteiger partial charge in [-0.25, -0.2) is 4.79 Å². The molecule has 7 nitrogen and oxygen atoms in total. The van der Waals surface area contributed by atoms with E-state index < -0.39 is 25.0 Å². The standard InChI is InChI=1S/C12H25INO6P/c1-5-18-12(4,19-6-2)21(17,20-7-3)9-10(8-13)14-11(15)16/h10,14H,5-9H2,1-4H3,(H,15,16). The molecule has 0 aromatic carbocycles. The van der Waals surface area contributed by atoms with E-state index >= 15 is 0 Å². The average Bonchev–Trinajstić information content (AvgIpc) is 2.38. The smallest absolute Gasteiger partial charge is 0.404 e. The molecular formula is C12H25INO6P. The third-order valence-electron chi connectivity index (χ3n) is 2.76. The molecule has 0 saturated carbocycles. The average molecular weight is 437 g/mol. The van der Waals surface area contributed by atoms with Crippen LogP contribution in [0.25, 0.3) is 0 Å². The summed E-state index contributed by atoms with van der Waals surface area (Å²) in [5.41, 5.74) is -1.38. The van der Waals surface area contributed by atoms with Gasteiger partial charge in [0.25, 0.3) is 7.37 Å². The Morgan fingerprint density at radius 2 is 1.81 bits per heavy atom. The van der Waals surface area contributed by atoms with Crippen LogP contribution in [0.3, 0.4) is 0 Å². The van der Waals surface area contributed by atoms with Crippen LogP contribution >= 0.6 is 30.0 Å². The Hall–Kier alpha value is 0.110. The molecule has 0 rings (SSSR count). The van der Waals surface area contributed by atoms with Crippen LogP contribution in [0, 0.1) is 0 Å². The lowest BCUT2D eigenvalue weighted by molar-refractivity contribution is -0.168. The Morgan fingerprint density at radius 3 is 2.14 bits per heavy atom. The SMILES string of the molecule is CCOC(C)(OCC)P(=O)(CC(CI)NC(=O)O)OCC. The Balaban J connectivity index is 5.35. The van der Waals surface area contributed by atoms with Crippen molar-refractivity contribution < 1.29 is 28.5 Å². The van der Waals surface area contributed by atoms with Gasteiger partial charge >= 0.3 is 6.09 Å². The quantitative estimate of drug-likeness (QED) is 0.223. The van der Waals surface area contributed by atoms with Crippen molar-refractivity contribution in [2.45, 2.75) is 39.3 Å². The van der Waals surface area contributed by atoms with E-state index in [0.29, 0.717) is 17.6 Å². The molecule has 1 amide bonds. The highest BCUT2D eigenvalue weighted by molar-refractivity contribution is 14.1. The summed E-state index contributed by atoms with van der Waals surface area (Å²) in [5, 5.41) is 11.2. The molecule has 0 saturated heterocycles. The van der Waals surface area contributed by atoms with Crippen molar-refractivity contribution in [2.75, 3.05) is 30.4 Å². The Bertz CT molecular complexity index is 362. The van der Waals surface area contributed by atoms with E-state index in [0.717, 1.165) is 0 Å². The van der Waals surface area contributed by atoms with Gasteiger partial charge < -0.3 is 24.4 Å². The number of alkyl halides is 1. The number of hydrogen-bond acceptors (Lipinski definition) is 5. The molecule has 0 heterocycles. The van der Waals surface area contributed by atoms with Crippen LogP contribution in [0.4, 0.5) is 4.79 Å². The fraction of sp³-hybridized carbons (Fsp3) is 0.917. The van der Waals surface area contributed by atoms with Gasteiger partial charge in [-0.1, -0.05) is 22.6 Å². The monoisotopic (exact) mass is 437 g/mol. The molecule has 0 aliphatic heterocycles. The second kappa shape index (κ2) is 9.99. The predicted octanol–water partition coefficient (Wildman–Crippen LogP) is 3.12. The summed E-state index contributed by atoms with van der Waals surface area (Å²) in [5.74, 6) is 0. The lowest BCUT2D eigenvalue weighted by Crippen LogP contribution is -2.42. The molecule has 0 aromatic heterocycles. The molecule has 2 atom stereocenters. The minimum absolute atomic E-state index is 0.0204. The molecule has 126 valence electrons. The number of ether oxygens (including phenoxy) is 2. The van der Waals surface area contributed by atoms with E-state index in [4.69, 9.17) is 19.1 Å². The summed E-state index contributed by atoms with van der Waals surface area (Å²) in [4.78, 5) is 10.8. The number of rotatable bonds is 11. The van der Waals surface area contributed by atoms with Crippen LogP contribution in [0.2, 0.25) is 0 Å². The van der Waals surface area contributed by atoms with Gasteiger partial charge in [0.1, 0.15) is 0 Å². The van der Waals surface area contributed by atoms with E-state index in [-0.39, 0.29) is 12.8 Å². The summed E-state index contributed by atoms with van der Waals surface area (Å²) in [6, 6.07) is -0.499. The van der Waals surface area contributed by atoms with E-state index in [1.807, 2.05) is 22.6 Å². The van der Waals surface area contributed by atoms with Crippen LogP contribution in [0.1, 0.15) is 27.7 Å². The number of carboxylic acid groups (broad SMARTS) is 1. The fourth-order valence-electron chi connectivity index (χ4n) is 1.92. The first-order valence-corrected chi connectivity index (χ1v) is 10.2. The van der Waals surface area contributed by atoms with Crippen LogP contribution in [-0.4, -0.2) is 53.2 Å². The van der Waals surface area contributed by atoms with Gasteiger partial charge in [-0.15, -0.1) is 0 Å². The first-order chi connectivity index (χ1) is 9.78. The fourth-order valence-corrected chi connectivity index (χ4v) is 5.48. The van der Waals surface area contributed by atoms with Gasteiger partial charge in [-0.3, -0.25) is 4.57 Å². The van der Waals surface area contributed by atoms with Crippen molar-refractivity contribution in [3.05, 3.63) is 0 Å². The molecule has 2 N–H and O–H groups in total. The number of carbonyl (C=O) groups is 1. The number of halogens is 1. The predicted molar refractivity (Wildman–Crippen MR) is 89.6 cm³/mol. The van der Waals surface area contributed by atoms with Gasteiger partial charge in [0.2, 0.25) is 5.53 Å². The number of nitrogens with one attached hydrogen (secondary N) is 1. The first-order valence-electron chi connectivity index (χ1n) is 6.85. The Labute approximate surface area is 139 Å². The van der Waals surface area contributed by atoms with Gasteiger partial charge in [0, 0.05) is 17.6 Å². The minimum Gasteiger partial charge on any atom is -0.465 e. The third kappa shape index (κ3) is 6.40. The maximum absolute atomic E-state index is 13.3. The lowest BCUT2D eigenvalue weighted by Gasteiger charge is -2.37. The number of amides is 1. The molecule has 0 radical (unpaired) electrons. The largest absolute Gasteiger partial charge is 0.465 e. The number of hydrogen-bond donors (Lipinski definition) is 2. The summed E-state index contributed by atoms with van der Waals surface area (Å²) < 4.78 is 30.3. The van der Waals surface area contributed by atoms with Crippen LogP contribution in [0.5, 0.6) is 0 Å². The van der Waals surface area contributed by atoms with Crippen LogP contribution < -0.4 is 5.32 Å². The molecular weight excluding hydrogens is 412 g/mol. The van der Waals surface area contributed by atoms with Crippen molar-refractivity contribution in [1.29, 1.82) is 0 Å². The third-order valence-corrected chi connectivity index (χ3v) is 6.91. The van der Waals surface area contributed by atoms with Crippen molar-refractivity contribution >= 4 is 36.1 Å². The minimum atomic E-state index is -3.38. The van der Waals surface area contributed by atoms with Gasteiger partial charge in [-0.05, 0) is 27.7 Å². The molecule has 0 aromatic rings. The first kappa shape index (κ1) is 21.1. The van der Waals surface area contributed by atoms with Crippen LogP contribution in [0.15, 0.2) is 0 Å². The maximum atomic E-state index is 13.3. The zero-order valence-corrected chi connectivity index (χ0v) is 16.0. The molecule has 0 spiro atoms. The maximum Gasteiger partial charge on any atom is 0.404 e. The van der Waals surface area contributed by atoms with Crippen molar-refractivity contribution in [1.82, 2.24) is 5.32 Å². The molecule has 0 bridgehead atoms. The highest BCUT2D eigenvalue weighted by Gasteiger charge is 2.49. The van der Waals surface area contributed by atoms with Crippen molar-refractivity contribution in [3.8, 4) is 0 Å². The zero-order chi connectivity index (χ0) is 16.5. The lowest BCUT2D eigenvalue weighted by atomic mass is 10.4. The Kier molecular flexibility index (Phi) is 10.0. The summed E-state index contributed by atoms with van der Waals surface area (Å²) in [7, 11) is -3.38. The summed E-state index contributed by atoms with van der Waals surface area (Å²) >= 11 is 2.04. The summed E-state index contributed by atoms with van der Waals surface area (Å²) in [6.07, 6.45) is -1.14. The highest BCUT2D eigenvalue weighted by Crippen LogP contribution is 2.60. The van der Waals surface area contributed by atoms with Gasteiger partial charge in [-0.2, -0.15) is 0 Å². The second-order valence-corrected chi connectivity index (χ2v) is 8.00. The van der Waals surface area contributed by atoms with Crippen molar-refractivity contribution in [3.63, 3.8) is 0 Å². The van der Waals surface area contributed by atoms with Gasteiger partial charge in [0.15, 0.2) is 0 Å². The molecule has 0 fully saturated rings. The zero-order valence-electron chi connectivity index (χ0n) is 12.9. The van der Waals surface area contributed by atoms with E-state index in [1.54, 1.807) is 27.7 Å². The second-order valence-electron chi connectivity index (χ2n) is 4.34. The molecule has 2 unspecified atom stereocenters. The molecule has 21 heavy (non-hydrogen) atoms. The topological polar surface area (TPSA) is 94.1 Å².